The summed E-state index contributed by atoms with van der Waals surface area (Å²) >= 11 is 0. The molecule has 3 heterocycles. The Morgan fingerprint density at radius 1 is 1.15 bits per heavy atom. The van der Waals surface area contributed by atoms with Crippen molar-refractivity contribution in [1.29, 1.82) is 0 Å². The first kappa shape index (κ1) is 19.3. The van der Waals surface area contributed by atoms with E-state index in [1.165, 1.54) is 19.3 Å². The summed E-state index contributed by atoms with van der Waals surface area (Å²) in [5, 5.41) is 8.95. The SMILES string of the molecule is CCCOCC(=O)N1CCCC(c2nnc(CN3CCCCC3)n2C)C1. The van der Waals surface area contributed by atoms with Crippen LogP contribution in [0.3, 0.4) is 0 Å². The largest absolute Gasteiger partial charge is 0.372 e. The molecule has 26 heavy (non-hydrogen) atoms. The molecule has 0 bridgehead atoms. The maximum absolute atomic E-state index is 12.4. The molecule has 2 fully saturated rings. The molecule has 0 spiro atoms. The van der Waals surface area contributed by atoms with Crippen molar-refractivity contribution in [3.05, 3.63) is 11.6 Å². The van der Waals surface area contributed by atoms with Crippen LogP contribution in [0.25, 0.3) is 0 Å². The van der Waals surface area contributed by atoms with Crippen molar-refractivity contribution in [3.63, 3.8) is 0 Å². The number of piperidine rings is 2. The normalized spacial score (nSPS) is 21.9. The number of aromatic nitrogens is 3. The first-order chi connectivity index (χ1) is 12.7. The van der Waals surface area contributed by atoms with Gasteiger partial charge in [0, 0.05) is 32.7 Å². The summed E-state index contributed by atoms with van der Waals surface area (Å²) in [5.74, 6) is 2.42. The van der Waals surface area contributed by atoms with E-state index < -0.39 is 0 Å². The van der Waals surface area contributed by atoms with Gasteiger partial charge < -0.3 is 14.2 Å². The summed E-state index contributed by atoms with van der Waals surface area (Å²) < 4.78 is 7.57. The van der Waals surface area contributed by atoms with Crippen LogP contribution >= 0.6 is 0 Å². The number of hydrogen-bond donors (Lipinski definition) is 0. The Balaban J connectivity index is 1.58. The number of carbonyl (C=O) groups is 1. The van der Waals surface area contributed by atoms with Crippen molar-refractivity contribution in [1.82, 2.24) is 24.6 Å². The summed E-state index contributed by atoms with van der Waals surface area (Å²) in [5.41, 5.74) is 0. The van der Waals surface area contributed by atoms with Crippen molar-refractivity contribution in [2.24, 2.45) is 7.05 Å². The molecule has 2 aliphatic heterocycles. The third-order valence-electron chi connectivity index (χ3n) is 5.53. The van der Waals surface area contributed by atoms with Crippen LogP contribution < -0.4 is 0 Å². The van der Waals surface area contributed by atoms with Crippen LogP contribution in [0.4, 0.5) is 0 Å². The van der Waals surface area contributed by atoms with Crippen LogP contribution in [-0.4, -0.2) is 69.9 Å². The molecule has 146 valence electrons. The highest BCUT2D eigenvalue weighted by atomic mass is 16.5. The van der Waals surface area contributed by atoms with Gasteiger partial charge in [0.05, 0.1) is 6.54 Å². The zero-order valence-electron chi connectivity index (χ0n) is 16.3. The van der Waals surface area contributed by atoms with E-state index in [0.717, 1.165) is 63.6 Å². The predicted octanol–water partition coefficient (Wildman–Crippen LogP) is 1.93. The van der Waals surface area contributed by atoms with Crippen LogP contribution in [0, 0.1) is 0 Å². The Kier molecular flexibility index (Phi) is 7.02. The molecule has 0 aromatic carbocycles. The van der Waals surface area contributed by atoms with Gasteiger partial charge in [-0.05, 0) is 45.2 Å². The van der Waals surface area contributed by atoms with E-state index >= 15 is 0 Å². The highest BCUT2D eigenvalue weighted by molar-refractivity contribution is 5.77. The number of carbonyl (C=O) groups excluding carboxylic acids is 1. The lowest BCUT2D eigenvalue weighted by molar-refractivity contribution is -0.137. The molecule has 0 aliphatic carbocycles. The highest BCUT2D eigenvalue weighted by Crippen LogP contribution is 2.26. The van der Waals surface area contributed by atoms with E-state index in [1.807, 2.05) is 4.90 Å². The summed E-state index contributed by atoms with van der Waals surface area (Å²) in [6, 6.07) is 0. The van der Waals surface area contributed by atoms with Gasteiger partial charge in [0.2, 0.25) is 5.91 Å². The molecular formula is C19H33N5O2. The van der Waals surface area contributed by atoms with E-state index in [4.69, 9.17) is 4.74 Å². The van der Waals surface area contributed by atoms with Crippen molar-refractivity contribution in [2.45, 2.75) is 57.9 Å². The van der Waals surface area contributed by atoms with E-state index in [0.29, 0.717) is 6.61 Å². The molecule has 1 aromatic rings. The fraction of sp³-hybridized carbons (Fsp3) is 0.842. The number of amides is 1. The molecular weight excluding hydrogens is 330 g/mol. The van der Waals surface area contributed by atoms with Crippen LogP contribution in [0.15, 0.2) is 0 Å². The lowest BCUT2D eigenvalue weighted by atomic mass is 9.97. The highest BCUT2D eigenvalue weighted by Gasteiger charge is 2.28. The summed E-state index contributed by atoms with van der Waals surface area (Å²) in [4.78, 5) is 16.8. The number of hydrogen-bond acceptors (Lipinski definition) is 5. The first-order valence-corrected chi connectivity index (χ1v) is 10.1. The smallest absolute Gasteiger partial charge is 0.248 e. The maximum atomic E-state index is 12.4. The molecule has 2 aliphatic rings. The van der Waals surface area contributed by atoms with Crippen molar-refractivity contribution >= 4 is 5.91 Å². The third kappa shape index (κ3) is 4.82. The van der Waals surface area contributed by atoms with Crippen LogP contribution in [-0.2, 0) is 23.1 Å². The molecule has 3 rings (SSSR count). The Hall–Kier alpha value is -1.47. The lowest BCUT2D eigenvalue weighted by Gasteiger charge is -2.32. The Labute approximate surface area is 156 Å². The quantitative estimate of drug-likeness (QED) is 0.693. The van der Waals surface area contributed by atoms with Crippen molar-refractivity contribution in [3.8, 4) is 0 Å². The van der Waals surface area contributed by atoms with Gasteiger partial charge in [-0.2, -0.15) is 0 Å². The standard InChI is InChI=1S/C19H33N5O2/c1-3-12-26-15-18(25)24-11-7-8-16(13-24)19-21-20-17(22(19)2)14-23-9-5-4-6-10-23/h16H,3-15H2,1-2H3. The lowest BCUT2D eigenvalue weighted by Crippen LogP contribution is -2.41. The molecule has 2 saturated heterocycles. The van der Waals surface area contributed by atoms with Gasteiger partial charge in [0.15, 0.2) is 0 Å². The molecule has 7 heteroatoms. The minimum Gasteiger partial charge on any atom is -0.372 e. The summed E-state index contributed by atoms with van der Waals surface area (Å²) in [7, 11) is 2.07. The number of likely N-dealkylation sites (tertiary alicyclic amines) is 2. The number of ether oxygens (including phenoxy) is 1. The van der Waals surface area contributed by atoms with Gasteiger partial charge in [0.25, 0.3) is 0 Å². The van der Waals surface area contributed by atoms with Gasteiger partial charge >= 0.3 is 0 Å². The van der Waals surface area contributed by atoms with E-state index in [2.05, 4.69) is 33.6 Å². The van der Waals surface area contributed by atoms with Gasteiger partial charge in [0.1, 0.15) is 18.3 Å². The Bertz CT molecular complexity index is 582. The first-order valence-electron chi connectivity index (χ1n) is 10.1. The van der Waals surface area contributed by atoms with Gasteiger partial charge in [-0.15, -0.1) is 10.2 Å². The molecule has 0 saturated carbocycles. The van der Waals surface area contributed by atoms with Gasteiger partial charge in [-0.25, -0.2) is 0 Å². The van der Waals surface area contributed by atoms with E-state index in [1.54, 1.807) is 0 Å². The summed E-state index contributed by atoms with van der Waals surface area (Å²) in [6.45, 7) is 7.64. The zero-order valence-corrected chi connectivity index (χ0v) is 16.3. The zero-order chi connectivity index (χ0) is 18.4. The second-order valence-corrected chi connectivity index (χ2v) is 7.60. The third-order valence-corrected chi connectivity index (χ3v) is 5.53. The fourth-order valence-electron chi connectivity index (χ4n) is 4.00. The van der Waals surface area contributed by atoms with Crippen molar-refractivity contribution in [2.75, 3.05) is 39.4 Å². The number of rotatable bonds is 7. The second kappa shape index (κ2) is 9.46. The monoisotopic (exact) mass is 363 g/mol. The Morgan fingerprint density at radius 2 is 1.96 bits per heavy atom. The minimum absolute atomic E-state index is 0.0962. The maximum Gasteiger partial charge on any atom is 0.248 e. The molecule has 0 N–H and O–H groups in total. The fourth-order valence-corrected chi connectivity index (χ4v) is 4.00. The summed E-state index contributed by atoms with van der Waals surface area (Å²) in [6.07, 6.45) is 6.92. The molecule has 0 radical (unpaired) electrons. The average molecular weight is 364 g/mol. The average Bonchev–Trinajstić information content (AvgIpc) is 3.03. The van der Waals surface area contributed by atoms with Crippen LogP contribution in [0.5, 0.6) is 0 Å². The predicted molar refractivity (Wildman–Crippen MR) is 99.8 cm³/mol. The van der Waals surface area contributed by atoms with Gasteiger partial charge in [-0.3, -0.25) is 9.69 Å². The van der Waals surface area contributed by atoms with Crippen LogP contribution in [0.1, 0.15) is 63.0 Å². The van der Waals surface area contributed by atoms with Gasteiger partial charge in [-0.1, -0.05) is 13.3 Å². The molecule has 1 aromatic heterocycles. The molecule has 1 unspecified atom stereocenters. The van der Waals surface area contributed by atoms with E-state index in [-0.39, 0.29) is 18.4 Å². The minimum atomic E-state index is 0.0962. The number of nitrogens with zero attached hydrogens (tertiary/aromatic N) is 5. The topological polar surface area (TPSA) is 63.5 Å². The second-order valence-electron chi connectivity index (χ2n) is 7.60. The Morgan fingerprint density at radius 3 is 2.73 bits per heavy atom. The molecule has 1 atom stereocenters. The molecule has 7 nitrogen and oxygen atoms in total. The molecule has 1 amide bonds. The van der Waals surface area contributed by atoms with E-state index in [9.17, 15) is 4.79 Å². The van der Waals surface area contributed by atoms with Crippen LogP contribution in [0.2, 0.25) is 0 Å². The van der Waals surface area contributed by atoms with Crippen molar-refractivity contribution < 1.29 is 9.53 Å².